The average molecular weight is 238 g/mol. The first kappa shape index (κ1) is 13.4. The number of aromatic nitrogens is 1. The number of hydrogen-bond acceptors (Lipinski definition) is 5. The third-order valence-corrected chi connectivity index (χ3v) is 2.04. The molecule has 0 saturated heterocycles. The molecule has 0 N–H and O–H groups in total. The van der Waals surface area contributed by atoms with Crippen molar-refractivity contribution in [3.05, 3.63) is 23.9 Å². The molecule has 17 heavy (non-hydrogen) atoms. The Morgan fingerprint density at radius 1 is 1.41 bits per heavy atom. The van der Waals surface area contributed by atoms with Crippen LogP contribution in [0.1, 0.15) is 17.3 Å². The Morgan fingerprint density at radius 3 is 2.71 bits per heavy atom. The van der Waals surface area contributed by atoms with Gasteiger partial charge < -0.3 is 14.4 Å². The van der Waals surface area contributed by atoms with E-state index in [0.717, 1.165) is 6.54 Å². The summed E-state index contributed by atoms with van der Waals surface area (Å²) in [5.41, 5.74) is 0.437. The molecule has 0 aliphatic carbocycles. The standard InChI is InChI=1S/C12H18N2O3/c1-4-16-12(15)10-5-6-11(13-9-10)17-8-7-14(2)3/h5-6,9H,4,7-8H2,1-3H3. The van der Waals surface area contributed by atoms with Gasteiger partial charge in [-0.05, 0) is 27.1 Å². The fraction of sp³-hybridized carbons (Fsp3) is 0.500. The fourth-order valence-corrected chi connectivity index (χ4v) is 1.13. The van der Waals surface area contributed by atoms with E-state index >= 15 is 0 Å². The summed E-state index contributed by atoms with van der Waals surface area (Å²) in [7, 11) is 3.95. The topological polar surface area (TPSA) is 51.7 Å². The summed E-state index contributed by atoms with van der Waals surface area (Å²) in [5, 5.41) is 0. The third kappa shape index (κ3) is 4.82. The van der Waals surface area contributed by atoms with E-state index in [1.807, 2.05) is 19.0 Å². The predicted molar refractivity (Wildman–Crippen MR) is 64.2 cm³/mol. The quantitative estimate of drug-likeness (QED) is 0.697. The van der Waals surface area contributed by atoms with Gasteiger partial charge in [-0.2, -0.15) is 0 Å². The van der Waals surface area contributed by atoms with Crippen molar-refractivity contribution in [2.45, 2.75) is 6.92 Å². The van der Waals surface area contributed by atoms with Gasteiger partial charge in [0, 0.05) is 18.8 Å². The second-order valence-electron chi connectivity index (χ2n) is 3.76. The Hall–Kier alpha value is -1.62. The van der Waals surface area contributed by atoms with Crippen LogP contribution < -0.4 is 4.74 Å². The highest BCUT2D eigenvalue weighted by atomic mass is 16.5. The summed E-state index contributed by atoms with van der Waals surface area (Å²) >= 11 is 0. The number of likely N-dealkylation sites (N-methyl/N-ethyl adjacent to an activating group) is 1. The van der Waals surface area contributed by atoms with Crippen LogP contribution >= 0.6 is 0 Å². The van der Waals surface area contributed by atoms with E-state index in [0.29, 0.717) is 24.7 Å². The molecule has 0 spiro atoms. The predicted octanol–water partition coefficient (Wildman–Crippen LogP) is 1.20. The van der Waals surface area contributed by atoms with Crippen LogP contribution in [0, 0.1) is 0 Å². The van der Waals surface area contributed by atoms with Crippen molar-refractivity contribution < 1.29 is 14.3 Å². The molecule has 0 amide bonds. The maximum Gasteiger partial charge on any atom is 0.339 e. The number of rotatable bonds is 6. The molecular formula is C12H18N2O3. The molecule has 0 saturated carbocycles. The van der Waals surface area contributed by atoms with Gasteiger partial charge in [-0.1, -0.05) is 0 Å². The lowest BCUT2D eigenvalue weighted by Gasteiger charge is -2.10. The molecule has 0 bridgehead atoms. The molecule has 1 heterocycles. The zero-order chi connectivity index (χ0) is 12.7. The third-order valence-electron chi connectivity index (χ3n) is 2.04. The zero-order valence-electron chi connectivity index (χ0n) is 10.5. The molecular weight excluding hydrogens is 220 g/mol. The monoisotopic (exact) mass is 238 g/mol. The molecule has 5 nitrogen and oxygen atoms in total. The highest BCUT2D eigenvalue weighted by Crippen LogP contribution is 2.08. The smallest absolute Gasteiger partial charge is 0.339 e. The van der Waals surface area contributed by atoms with Crippen LogP contribution in [0.15, 0.2) is 18.3 Å². The molecule has 0 aliphatic rings. The summed E-state index contributed by atoms with van der Waals surface area (Å²) in [6.45, 7) is 3.52. The normalized spacial score (nSPS) is 10.4. The second kappa shape index (κ2) is 6.85. The maximum atomic E-state index is 11.3. The van der Waals surface area contributed by atoms with Gasteiger partial charge in [0.25, 0.3) is 0 Å². The first-order chi connectivity index (χ1) is 8.13. The molecule has 1 aromatic rings. The van der Waals surface area contributed by atoms with Crippen molar-refractivity contribution in [1.82, 2.24) is 9.88 Å². The number of hydrogen-bond donors (Lipinski definition) is 0. The summed E-state index contributed by atoms with van der Waals surface area (Å²) in [6, 6.07) is 3.32. The summed E-state index contributed by atoms with van der Waals surface area (Å²) in [4.78, 5) is 17.4. The van der Waals surface area contributed by atoms with Crippen molar-refractivity contribution >= 4 is 5.97 Å². The lowest BCUT2D eigenvalue weighted by molar-refractivity contribution is 0.0526. The Balaban J connectivity index is 2.47. The van der Waals surface area contributed by atoms with E-state index < -0.39 is 0 Å². The van der Waals surface area contributed by atoms with Crippen molar-refractivity contribution in [1.29, 1.82) is 0 Å². The van der Waals surface area contributed by atoms with Gasteiger partial charge in [-0.3, -0.25) is 0 Å². The molecule has 1 aromatic heterocycles. The van der Waals surface area contributed by atoms with Gasteiger partial charge in [0.05, 0.1) is 12.2 Å². The number of carbonyl (C=O) groups excluding carboxylic acids is 1. The van der Waals surface area contributed by atoms with Crippen molar-refractivity contribution in [3.8, 4) is 5.88 Å². The highest BCUT2D eigenvalue weighted by molar-refractivity contribution is 5.89. The van der Waals surface area contributed by atoms with Crippen molar-refractivity contribution in [3.63, 3.8) is 0 Å². The van der Waals surface area contributed by atoms with Crippen LogP contribution in [0.4, 0.5) is 0 Å². The van der Waals surface area contributed by atoms with E-state index in [1.54, 1.807) is 19.1 Å². The molecule has 5 heteroatoms. The number of ether oxygens (including phenoxy) is 2. The molecule has 94 valence electrons. The van der Waals surface area contributed by atoms with Crippen LogP contribution in [0.2, 0.25) is 0 Å². The SMILES string of the molecule is CCOC(=O)c1ccc(OCCN(C)C)nc1. The maximum absolute atomic E-state index is 11.3. The summed E-state index contributed by atoms with van der Waals surface area (Å²) in [6.07, 6.45) is 1.46. The minimum absolute atomic E-state index is 0.361. The lowest BCUT2D eigenvalue weighted by Crippen LogP contribution is -2.19. The first-order valence-electron chi connectivity index (χ1n) is 5.54. The molecule has 0 aliphatic heterocycles. The molecule has 0 atom stereocenters. The Morgan fingerprint density at radius 2 is 2.18 bits per heavy atom. The van der Waals surface area contributed by atoms with Crippen LogP contribution in [0.25, 0.3) is 0 Å². The molecule has 0 radical (unpaired) electrons. The van der Waals surface area contributed by atoms with Crippen LogP contribution in [0.5, 0.6) is 5.88 Å². The Kier molecular flexibility index (Phi) is 5.42. The molecule has 0 fully saturated rings. The first-order valence-corrected chi connectivity index (χ1v) is 5.54. The van der Waals surface area contributed by atoms with E-state index in [4.69, 9.17) is 9.47 Å². The van der Waals surface area contributed by atoms with E-state index in [2.05, 4.69) is 4.98 Å². The van der Waals surface area contributed by atoms with Gasteiger partial charge in [-0.15, -0.1) is 0 Å². The van der Waals surface area contributed by atoms with Crippen molar-refractivity contribution in [2.75, 3.05) is 33.9 Å². The minimum Gasteiger partial charge on any atom is -0.476 e. The largest absolute Gasteiger partial charge is 0.476 e. The van der Waals surface area contributed by atoms with Gasteiger partial charge >= 0.3 is 5.97 Å². The molecule has 1 rings (SSSR count). The van der Waals surface area contributed by atoms with E-state index in [-0.39, 0.29) is 5.97 Å². The summed E-state index contributed by atoms with van der Waals surface area (Å²) < 4.78 is 10.3. The second-order valence-corrected chi connectivity index (χ2v) is 3.76. The average Bonchev–Trinajstić information content (AvgIpc) is 2.30. The van der Waals surface area contributed by atoms with Crippen LogP contribution in [-0.2, 0) is 4.74 Å². The Bertz CT molecular complexity index is 349. The van der Waals surface area contributed by atoms with Gasteiger partial charge in [0.15, 0.2) is 0 Å². The van der Waals surface area contributed by atoms with Gasteiger partial charge in [0.1, 0.15) is 6.61 Å². The Labute approximate surface area is 101 Å². The van der Waals surface area contributed by atoms with Gasteiger partial charge in [-0.25, -0.2) is 9.78 Å². The lowest BCUT2D eigenvalue weighted by atomic mass is 10.3. The minimum atomic E-state index is -0.361. The number of carbonyl (C=O) groups is 1. The number of pyridine rings is 1. The van der Waals surface area contributed by atoms with Crippen LogP contribution in [-0.4, -0.2) is 49.7 Å². The highest BCUT2D eigenvalue weighted by Gasteiger charge is 2.06. The molecule has 0 aromatic carbocycles. The van der Waals surface area contributed by atoms with Crippen molar-refractivity contribution in [2.24, 2.45) is 0 Å². The van der Waals surface area contributed by atoms with E-state index in [1.165, 1.54) is 6.20 Å². The van der Waals surface area contributed by atoms with Crippen LogP contribution in [0.3, 0.4) is 0 Å². The fourth-order valence-electron chi connectivity index (χ4n) is 1.13. The summed E-state index contributed by atoms with van der Waals surface area (Å²) in [5.74, 6) is 0.153. The molecule has 0 unspecified atom stereocenters. The number of nitrogens with zero attached hydrogens (tertiary/aromatic N) is 2. The van der Waals surface area contributed by atoms with Gasteiger partial charge in [0.2, 0.25) is 5.88 Å². The van der Waals surface area contributed by atoms with E-state index in [9.17, 15) is 4.79 Å². The zero-order valence-corrected chi connectivity index (χ0v) is 10.5. The number of esters is 1.